The van der Waals surface area contributed by atoms with E-state index in [0.29, 0.717) is 12.2 Å². The molecule has 1 rings (SSSR count). The number of rotatable bonds is 6. The van der Waals surface area contributed by atoms with Gasteiger partial charge >= 0.3 is 5.97 Å². The zero-order valence-electron chi connectivity index (χ0n) is 9.72. The molecule has 98 valence electrons. The summed E-state index contributed by atoms with van der Waals surface area (Å²) in [6, 6.07) is 2.34. The van der Waals surface area contributed by atoms with Gasteiger partial charge in [-0.3, -0.25) is 4.79 Å². The van der Waals surface area contributed by atoms with E-state index in [0.717, 1.165) is 4.47 Å². The lowest BCUT2D eigenvalue weighted by Crippen LogP contribution is -2.41. The van der Waals surface area contributed by atoms with E-state index in [1.807, 2.05) is 6.26 Å². The Bertz CT molecular complexity index is 425. The normalized spacial score (nSPS) is 11.9. The summed E-state index contributed by atoms with van der Waals surface area (Å²) >= 11 is 4.75. The second-order valence-electron chi connectivity index (χ2n) is 3.51. The molecule has 0 saturated heterocycles. The first-order valence-corrected chi connectivity index (χ1v) is 7.37. The van der Waals surface area contributed by atoms with Crippen molar-refractivity contribution in [3.63, 3.8) is 0 Å². The van der Waals surface area contributed by atoms with Crippen LogP contribution in [0.3, 0.4) is 0 Å². The molecule has 0 bridgehead atoms. The second-order valence-corrected chi connectivity index (χ2v) is 5.41. The highest BCUT2D eigenvalue weighted by Crippen LogP contribution is 2.08. The van der Waals surface area contributed by atoms with Crippen LogP contribution in [0.25, 0.3) is 0 Å². The van der Waals surface area contributed by atoms with E-state index in [9.17, 15) is 9.59 Å². The lowest BCUT2D eigenvalue weighted by atomic mass is 10.2. The summed E-state index contributed by atoms with van der Waals surface area (Å²) in [5.74, 6) is -0.837. The molecule has 1 aromatic rings. The molecule has 1 amide bonds. The fourth-order valence-corrected chi connectivity index (χ4v) is 1.94. The van der Waals surface area contributed by atoms with E-state index in [4.69, 9.17) is 5.11 Å². The molecule has 18 heavy (non-hydrogen) atoms. The summed E-state index contributed by atoms with van der Waals surface area (Å²) in [7, 11) is 0. The van der Waals surface area contributed by atoms with Crippen LogP contribution in [0.1, 0.15) is 16.9 Å². The Labute approximate surface area is 117 Å². The minimum atomic E-state index is -1.03. The highest BCUT2D eigenvalue weighted by molar-refractivity contribution is 9.10. The molecular formula is C11H13BrN2O3S. The van der Waals surface area contributed by atoms with E-state index in [1.54, 1.807) is 6.07 Å². The quantitative estimate of drug-likeness (QED) is 0.830. The standard InChI is InChI=1S/C11H13BrN2O3S/c1-18-5-4-9(11(16)17)14-10(15)8-3-2-7(12)6-13-8/h2-3,6,9H,4-5H2,1H3,(H,14,15)(H,16,17). The molecule has 5 nitrogen and oxygen atoms in total. The van der Waals surface area contributed by atoms with Gasteiger partial charge in [-0.25, -0.2) is 9.78 Å². The van der Waals surface area contributed by atoms with Gasteiger partial charge in [-0.2, -0.15) is 11.8 Å². The van der Waals surface area contributed by atoms with Crippen LogP contribution in [0.2, 0.25) is 0 Å². The van der Waals surface area contributed by atoms with Crippen molar-refractivity contribution < 1.29 is 14.7 Å². The number of halogens is 1. The number of nitrogens with one attached hydrogen (secondary N) is 1. The maximum atomic E-state index is 11.8. The molecule has 1 heterocycles. The molecule has 1 unspecified atom stereocenters. The zero-order valence-corrected chi connectivity index (χ0v) is 12.1. The Morgan fingerprint density at radius 3 is 2.78 bits per heavy atom. The molecule has 0 aliphatic heterocycles. The maximum Gasteiger partial charge on any atom is 0.326 e. The van der Waals surface area contributed by atoms with Crippen molar-refractivity contribution in [2.45, 2.75) is 12.5 Å². The molecule has 0 fully saturated rings. The van der Waals surface area contributed by atoms with E-state index < -0.39 is 17.9 Å². The summed E-state index contributed by atoms with van der Waals surface area (Å²) in [6.45, 7) is 0. The highest BCUT2D eigenvalue weighted by atomic mass is 79.9. The largest absolute Gasteiger partial charge is 0.480 e. The third kappa shape index (κ3) is 4.66. The van der Waals surface area contributed by atoms with Gasteiger partial charge in [0.2, 0.25) is 0 Å². The minimum Gasteiger partial charge on any atom is -0.480 e. The van der Waals surface area contributed by atoms with Crippen molar-refractivity contribution in [1.82, 2.24) is 10.3 Å². The van der Waals surface area contributed by atoms with Crippen molar-refractivity contribution in [3.05, 3.63) is 28.5 Å². The number of pyridine rings is 1. The smallest absolute Gasteiger partial charge is 0.326 e. The molecule has 0 aromatic carbocycles. The third-order valence-corrected chi connectivity index (χ3v) is 3.29. The number of carbonyl (C=O) groups excluding carboxylic acids is 1. The third-order valence-electron chi connectivity index (χ3n) is 2.17. The number of carbonyl (C=O) groups is 2. The van der Waals surface area contributed by atoms with Crippen molar-refractivity contribution in [2.75, 3.05) is 12.0 Å². The van der Waals surface area contributed by atoms with E-state index in [1.165, 1.54) is 24.0 Å². The number of aliphatic carboxylic acids is 1. The SMILES string of the molecule is CSCCC(NC(=O)c1ccc(Br)cn1)C(=O)O. The summed E-state index contributed by atoms with van der Waals surface area (Å²) in [4.78, 5) is 26.7. The average molecular weight is 333 g/mol. The molecule has 0 saturated carbocycles. The molecule has 0 radical (unpaired) electrons. The molecule has 0 aliphatic carbocycles. The number of hydrogen-bond acceptors (Lipinski definition) is 4. The van der Waals surface area contributed by atoms with Gasteiger partial charge in [0.05, 0.1) is 0 Å². The molecule has 1 aromatic heterocycles. The lowest BCUT2D eigenvalue weighted by Gasteiger charge is -2.13. The van der Waals surface area contributed by atoms with Crippen LogP contribution in [0.4, 0.5) is 0 Å². The van der Waals surface area contributed by atoms with Crippen LogP contribution in [-0.4, -0.2) is 40.0 Å². The first-order chi connectivity index (χ1) is 8.54. The van der Waals surface area contributed by atoms with Crippen molar-refractivity contribution in [2.24, 2.45) is 0 Å². The fraction of sp³-hybridized carbons (Fsp3) is 0.364. The van der Waals surface area contributed by atoms with Gasteiger partial charge in [0.15, 0.2) is 0 Å². The molecule has 7 heteroatoms. The second kappa shape index (κ2) is 7.38. The Morgan fingerprint density at radius 1 is 1.56 bits per heavy atom. The average Bonchev–Trinajstić information content (AvgIpc) is 2.34. The Hall–Kier alpha value is -1.08. The van der Waals surface area contributed by atoms with Crippen LogP contribution in [0.15, 0.2) is 22.8 Å². The first kappa shape index (κ1) is 15.0. The Kier molecular flexibility index (Phi) is 6.14. The summed E-state index contributed by atoms with van der Waals surface area (Å²) < 4.78 is 0.760. The molecule has 0 aliphatic rings. The fourth-order valence-electron chi connectivity index (χ4n) is 1.24. The van der Waals surface area contributed by atoms with Crippen LogP contribution >= 0.6 is 27.7 Å². The maximum absolute atomic E-state index is 11.8. The van der Waals surface area contributed by atoms with Crippen LogP contribution in [-0.2, 0) is 4.79 Å². The highest BCUT2D eigenvalue weighted by Gasteiger charge is 2.20. The summed E-state index contributed by atoms with van der Waals surface area (Å²) in [5, 5.41) is 11.4. The number of nitrogens with zero attached hydrogens (tertiary/aromatic N) is 1. The van der Waals surface area contributed by atoms with Crippen LogP contribution < -0.4 is 5.32 Å². The number of carboxylic acids is 1. The Morgan fingerprint density at radius 2 is 2.28 bits per heavy atom. The monoisotopic (exact) mass is 332 g/mol. The van der Waals surface area contributed by atoms with E-state index in [-0.39, 0.29) is 5.69 Å². The first-order valence-electron chi connectivity index (χ1n) is 5.18. The van der Waals surface area contributed by atoms with Crippen LogP contribution in [0.5, 0.6) is 0 Å². The van der Waals surface area contributed by atoms with Gasteiger partial charge in [-0.05, 0) is 46.5 Å². The van der Waals surface area contributed by atoms with E-state index in [2.05, 4.69) is 26.2 Å². The lowest BCUT2D eigenvalue weighted by molar-refractivity contribution is -0.139. The van der Waals surface area contributed by atoms with Crippen molar-refractivity contribution >= 4 is 39.6 Å². The van der Waals surface area contributed by atoms with E-state index >= 15 is 0 Å². The number of carboxylic acid groups (broad SMARTS) is 1. The van der Waals surface area contributed by atoms with Gasteiger partial charge in [-0.15, -0.1) is 0 Å². The molecule has 0 spiro atoms. The van der Waals surface area contributed by atoms with Crippen molar-refractivity contribution in [1.29, 1.82) is 0 Å². The van der Waals surface area contributed by atoms with Gasteiger partial charge in [0, 0.05) is 10.7 Å². The number of aromatic nitrogens is 1. The van der Waals surface area contributed by atoms with Gasteiger partial charge in [0.25, 0.3) is 5.91 Å². The molecule has 2 N–H and O–H groups in total. The number of thioether (sulfide) groups is 1. The molecular weight excluding hydrogens is 320 g/mol. The van der Waals surface area contributed by atoms with Gasteiger partial charge in [-0.1, -0.05) is 0 Å². The van der Waals surface area contributed by atoms with Gasteiger partial charge in [0.1, 0.15) is 11.7 Å². The zero-order chi connectivity index (χ0) is 13.5. The topological polar surface area (TPSA) is 79.3 Å². The predicted molar refractivity (Wildman–Crippen MR) is 73.8 cm³/mol. The number of amides is 1. The molecule has 1 atom stereocenters. The van der Waals surface area contributed by atoms with Gasteiger partial charge < -0.3 is 10.4 Å². The van der Waals surface area contributed by atoms with Crippen molar-refractivity contribution in [3.8, 4) is 0 Å². The number of hydrogen-bond donors (Lipinski definition) is 2. The van der Waals surface area contributed by atoms with Crippen LogP contribution in [0, 0.1) is 0 Å². The summed E-state index contributed by atoms with van der Waals surface area (Å²) in [6.07, 6.45) is 3.77. The Balaban J connectivity index is 2.66. The summed E-state index contributed by atoms with van der Waals surface area (Å²) in [5.41, 5.74) is 0.202. The predicted octanol–water partition coefficient (Wildman–Crippen LogP) is 1.78. The minimum absolute atomic E-state index is 0.202.